The molecule has 4 heterocycles. The summed E-state index contributed by atoms with van der Waals surface area (Å²) >= 11 is 0. The average molecular weight is 784 g/mol. The molecule has 0 fully saturated rings. The molecule has 9 rings (SSSR count). The minimum atomic E-state index is 0. The molecule has 0 aliphatic heterocycles. The van der Waals surface area contributed by atoms with Crippen LogP contribution in [0.5, 0.6) is 0 Å². The molecule has 0 atom stereocenters. The number of fused-ring (bicyclic) bond motifs is 6. The molecule has 4 nitrogen and oxygen atoms in total. The van der Waals surface area contributed by atoms with Crippen molar-refractivity contribution in [1.82, 2.24) is 19.5 Å². The molecular formula is C42H28N4Pt. The molecule has 0 radical (unpaired) electrons. The Morgan fingerprint density at radius 3 is 2.21 bits per heavy atom. The van der Waals surface area contributed by atoms with E-state index in [1.54, 1.807) is 0 Å². The van der Waals surface area contributed by atoms with Crippen LogP contribution in [0.1, 0.15) is 11.1 Å². The van der Waals surface area contributed by atoms with Crippen molar-refractivity contribution >= 4 is 43.7 Å². The minimum absolute atomic E-state index is 0. The number of nitrogens with zero attached hydrogens (tertiary/aromatic N) is 4. The number of pyridine rings is 2. The van der Waals surface area contributed by atoms with Gasteiger partial charge >= 0.3 is 21.1 Å². The van der Waals surface area contributed by atoms with Gasteiger partial charge in [0, 0.05) is 22.7 Å². The summed E-state index contributed by atoms with van der Waals surface area (Å²) in [6.07, 6.45) is 1.84. The fourth-order valence-corrected chi connectivity index (χ4v) is 7.01. The van der Waals surface area contributed by atoms with E-state index >= 15 is 0 Å². The number of rotatable bonds is 4. The van der Waals surface area contributed by atoms with Crippen molar-refractivity contribution in [3.05, 3.63) is 151 Å². The van der Waals surface area contributed by atoms with Crippen LogP contribution in [0.25, 0.3) is 83.1 Å². The SMILES string of the molecule is Cc1cccc(C)c1-c1cc(-c2cccc(-n3c4ccccc4c4cccnc43)n2)[c-]c(-c2cccc3c2[n-]c2ccccc23)c1.[Pt+2]. The summed E-state index contributed by atoms with van der Waals surface area (Å²) < 4.78 is 2.16. The Morgan fingerprint density at radius 2 is 1.34 bits per heavy atom. The van der Waals surface area contributed by atoms with Crippen LogP contribution < -0.4 is 4.98 Å². The van der Waals surface area contributed by atoms with Gasteiger partial charge in [-0.15, -0.1) is 29.3 Å². The number of aryl methyl sites for hydroxylation is 2. The second-order valence-corrected chi connectivity index (χ2v) is 11.9. The molecule has 0 N–H and O–H groups in total. The second kappa shape index (κ2) is 11.5. The molecule has 0 saturated carbocycles. The molecule has 0 unspecified atom stereocenters. The van der Waals surface area contributed by atoms with Crippen molar-refractivity contribution in [3.8, 4) is 39.3 Å². The number of hydrogen-bond donors (Lipinski definition) is 0. The van der Waals surface area contributed by atoms with E-state index in [9.17, 15) is 0 Å². The molecule has 5 aromatic carbocycles. The number of hydrogen-bond acceptors (Lipinski definition) is 2. The Hall–Kier alpha value is -5.31. The predicted molar refractivity (Wildman–Crippen MR) is 189 cm³/mol. The summed E-state index contributed by atoms with van der Waals surface area (Å²) in [6, 6.07) is 48.3. The third-order valence-electron chi connectivity index (χ3n) is 9.06. The van der Waals surface area contributed by atoms with Crippen molar-refractivity contribution in [2.75, 3.05) is 0 Å². The van der Waals surface area contributed by atoms with Crippen LogP contribution in [0.15, 0.2) is 134 Å². The third-order valence-corrected chi connectivity index (χ3v) is 9.06. The van der Waals surface area contributed by atoms with E-state index < -0.39 is 0 Å². The largest absolute Gasteiger partial charge is 2.00 e. The average Bonchev–Trinajstić information content (AvgIpc) is 3.64. The Bertz CT molecular complexity index is 2550. The summed E-state index contributed by atoms with van der Waals surface area (Å²) in [5, 5.41) is 4.59. The van der Waals surface area contributed by atoms with Gasteiger partial charge in [0.05, 0.1) is 5.52 Å². The van der Waals surface area contributed by atoms with Gasteiger partial charge in [0.1, 0.15) is 11.5 Å². The van der Waals surface area contributed by atoms with Crippen molar-refractivity contribution < 1.29 is 21.1 Å². The summed E-state index contributed by atoms with van der Waals surface area (Å²) in [5.74, 6) is 0.820. The van der Waals surface area contributed by atoms with Crippen LogP contribution in [0, 0.1) is 19.9 Å². The molecule has 0 amide bonds. The van der Waals surface area contributed by atoms with Crippen LogP contribution in [-0.2, 0) is 21.1 Å². The van der Waals surface area contributed by atoms with Gasteiger partial charge in [-0.2, -0.15) is 5.52 Å². The van der Waals surface area contributed by atoms with Crippen molar-refractivity contribution in [2.24, 2.45) is 0 Å². The zero-order chi connectivity index (χ0) is 30.8. The quantitative estimate of drug-likeness (QED) is 0.167. The Kier molecular flexibility index (Phi) is 7.12. The van der Waals surface area contributed by atoms with E-state index in [-0.39, 0.29) is 21.1 Å². The minimum Gasteiger partial charge on any atom is -0.663 e. The first-order valence-corrected chi connectivity index (χ1v) is 15.5. The maximum atomic E-state index is 5.27. The van der Waals surface area contributed by atoms with E-state index in [4.69, 9.17) is 15.0 Å². The van der Waals surface area contributed by atoms with Gasteiger partial charge < -0.3 is 4.98 Å². The van der Waals surface area contributed by atoms with Crippen LogP contribution in [0.3, 0.4) is 0 Å². The number of aromatic nitrogens is 4. The van der Waals surface area contributed by atoms with Crippen molar-refractivity contribution in [2.45, 2.75) is 13.8 Å². The first-order valence-electron chi connectivity index (χ1n) is 15.5. The summed E-state index contributed by atoms with van der Waals surface area (Å²) in [6.45, 7) is 4.36. The first kappa shape index (κ1) is 29.1. The summed E-state index contributed by atoms with van der Waals surface area (Å²) in [7, 11) is 0. The van der Waals surface area contributed by atoms with Gasteiger partial charge in [0.25, 0.3) is 0 Å². The van der Waals surface area contributed by atoms with Gasteiger partial charge in [-0.1, -0.05) is 108 Å². The monoisotopic (exact) mass is 783 g/mol. The smallest absolute Gasteiger partial charge is 0.663 e. The molecule has 0 aliphatic rings. The van der Waals surface area contributed by atoms with E-state index in [2.05, 4.69) is 140 Å². The molecule has 4 aromatic heterocycles. The Balaban J connectivity index is 0.00000324. The van der Waals surface area contributed by atoms with E-state index in [0.29, 0.717) is 0 Å². The third kappa shape index (κ3) is 4.71. The normalized spacial score (nSPS) is 11.4. The van der Waals surface area contributed by atoms with Crippen LogP contribution >= 0.6 is 0 Å². The van der Waals surface area contributed by atoms with Gasteiger partial charge in [-0.25, -0.2) is 4.98 Å². The van der Waals surface area contributed by atoms with Gasteiger partial charge in [0.15, 0.2) is 0 Å². The second-order valence-electron chi connectivity index (χ2n) is 11.9. The van der Waals surface area contributed by atoms with Crippen LogP contribution in [-0.4, -0.2) is 14.5 Å². The number of benzene rings is 5. The molecule has 226 valence electrons. The van der Waals surface area contributed by atoms with E-state index in [1.165, 1.54) is 22.1 Å². The molecule has 47 heavy (non-hydrogen) atoms. The van der Waals surface area contributed by atoms with Gasteiger partial charge in [-0.3, -0.25) is 9.55 Å². The fourth-order valence-electron chi connectivity index (χ4n) is 7.01. The predicted octanol–water partition coefficient (Wildman–Crippen LogP) is 10.3. The zero-order valence-electron chi connectivity index (χ0n) is 25.8. The first-order chi connectivity index (χ1) is 22.6. The standard InChI is InChI=1S/C42H28N4.Pt/c1-26-11-7-12-27(2)40(26)30-24-28(31-15-8-16-34-32-13-3-5-18-37(32)45-41(31)34)23-29(25-30)36-19-9-21-39(44-36)46-38-20-6-4-14-33(38)35-17-10-22-43-42(35)46;/h3-22,24-25H,1-2H3;/q-2;+2. The molecule has 0 aliphatic carbocycles. The van der Waals surface area contributed by atoms with E-state index in [0.717, 1.165) is 72.1 Å². The van der Waals surface area contributed by atoms with Crippen LogP contribution in [0.2, 0.25) is 0 Å². The van der Waals surface area contributed by atoms with E-state index in [1.807, 2.05) is 18.3 Å². The zero-order valence-corrected chi connectivity index (χ0v) is 28.1. The number of para-hydroxylation sites is 3. The van der Waals surface area contributed by atoms with Gasteiger partial charge in [0.2, 0.25) is 0 Å². The Morgan fingerprint density at radius 1 is 0.638 bits per heavy atom. The topological polar surface area (TPSA) is 44.8 Å². The fraction of sp³-hybridized carbons (Fsp3) is 0.0476. The summed E-state index contributed by atoms with van der Waals surface area (Å²) in [4.78, 5) is 15.1. The molecule has 0 spiro atoms. The molecular weight excluding hydrogens is 756 g/mol. The maximum absolute atomic E-state index is 5.27. The van der Waals surface area contributed by atoms with Crippen molar-refractivity contribution in [3.63, 3.8) is 0 Å². The molecule has 5 heteroatoms. The maximum Gasteiger partial charge on any atom is 2.00 e. The Labute approximate surface area is 287 Å². The molecule has 9 aromatic rings. The van der Waals surface area contributed by atoms with Crippen molar-refractivity contribution in [1.29, 1.82) is 0 Å². The molecule has 0 bridgehead atoms. The summed E-state index contributed by atoms with van der Waals surface area (Å²) in [5.41, 5.74) is 12.6. The van der Waals surface area contributed by atoms with Crippen LogP contribution in [0.4, 0.5) is 0 Å². The van der Waals surface area contributed by atoms with Gasteiger partial charge in [-0.05, 0) is 65.6 Å². The molecule has 0 saturated heterocycles.